The summed E-state index contributed by atoms with van der Waals surface area (Å²) in [6, 6.07) is 4.25. The molecule has 0 bridgehead atoms. The fraction of sp³-hybridized carbons (Fsp3) is 0.607. The number of nitrogens with one attached hydrogen (secondary N) is 1. The van der Waals surface area contributed by atoms with Gasteiger partial charge in [-0.05, 0) is 50.3 Å². The van der Waals surface area contributed by atoms with Crippen LogP contribution in [0.4, 0.5) is 27.8 Å². The Morgan fingerprint density at radius 3 is 2.49 bits per heavy atom. The van der Waals surface area contributed by atoms with Gasteiger partial charge in [-0.3, -0.25) is 9.88 Å². The monoisotopic (exact) mass is 580 g/mol. The lowest BCUT2D eigenvalue weighted by atomic mass is 9.73. The van der Waals surface area contributed by atoms with Crippen LogP contribution in [0.1, 0.15) is 55.6 Å². The van der Waals surface area contributed by atoms with Gasteiger partial charge < -0.3 is 14.2 Å². The van der Waals surface area contributed by atoms with Gasteiger partial charge in [0.1, 0.15) is 17.0 Å². The van der Waals surface area contributed by atoms with Crippen LogP contribution in [0, 0.1) is 12.8 Å². The molecular weight excluding hydrogens is 547 g/mol. The van der Waals surface area contributed by atoms with Crippen molar-refractivity contribution in [2.24, 2.45) is 5.92 Å². The van der Waals surface area contributed by atoms with E-state index >= 15 is 0 Å². The summed E-state index contributed by atoms with van der Waals surface area (Å²) in [7, 11) is 0. The number of H-pyrrole nitrogens is 1. The Morgan fingerprint density at radius 1 is 1.15 bits per heavy atom. The van der Waals surface area contributed by atoms with E-state index in [1.54, 1.807) is 0 Å². The van der Waals surface area contributed by atoms with E-state index in [-0.39, 0.29) is 30.9 Å². The third-order valence-electron chi connectivity index (χ3n) is 8.69. The van der Waals surface area contributed by atoms with E-state index in [0.29, 0.717) is 55.3 Å². The maximum Gasteiger partial charge on any atom is 0.416 e. The maximum atomic E-state index is 13.9. The lowest BCUT2D eigenvalue weighted by molar-refractivity contribution is -0.137. The number of fused-ring (bicyclic) bond motifs is 1. The predicted octanol–water partition coefficient (Wildman–Crippen LogP) is 4.92. The first-order valence-electron chi connectivity index (χ1n) is 14.0. The topological polar surface area (TPSA) is 79.3 Å². The molecule has 3 atom stereocenters. The van der Waals surface area contributed by atoms with Crippen LogP contribution in [-0.4, -0.2) is 68.7 Å². The number of hydrogen-bond acceptors (Lipinski definition) is 6. The first kappa shape index (κ1) is 28.1. The van der Waals surface area contributed by atoms with E-state index in [9.17, 15) is 26.7 Å². The Morgan fingerprint density at radius 2 is 1.88 bits per heavy atom. The van der Waals surface area contributed by atoms with Gasteiger partial charge in [0.2, 0.25) is 5.92 Å². The Hall–Kier alpha value is -3.06. The number of nitrogens with zero attached hydrogens (tertiary/aromatic N) is 5. The van der Waals surface area contributed by atoms with Crippen molar-refractivity contribution in [1.82, 2.24) is 24.4 Å². The number of anilines is 1. The van der Waals surface area contributed by atoms with Gasteiger partial charge in [0, 0.05) is 51.2 Å². The number of halogens is 5. The number of imidazole rings is 1. The van der Waals surface area contributed by atoms with Crippen molar-refractivity contribution in [3.05, 3.63) is 51.7 Å². The van der Waals surface area contributed by atoms with Crippen LogP contribution in [0.2, 0.25) is 0 Å². The van der Waals surface area contributed by atoms with Crippen LogP contribution in [0.5, 0.6) is 0 Å². The molecule has 41 heavy (non-hydrogen) atoms. The first-order chi connectivity index (χ1) is 19.4. The second-order valence-corrected chi connectivity index (χ2v) is 11.6. The number of aromatic amines is 1. The second kappa shape index (κ2) is 10.3. The van der Waals surface area contributed by atoms with Crippen molar-refractivity contribution in [1.29, 1.82) is 0 Å². The van der Waals surface area contributed by atoms with Gasteiger partial charge in [-0.25, -0.2) is 18.6 Å². The number of ether oxygens (including phenoxy) is 1. The lowest BCUT2D eigenvalue weighted by Gasteiger charge is -2.49. The Balaban J connectivity index is 1.27. The van der Waals surface area contributed by atoms with Gasteiger partial charge in [-0.15, -0.1) is 0 Å². The molecule has 4 heterocycles. The molecule has 3 fully saturated rings. The van der Waals surface area contributed by atoms with Gasteiger partial charge >= 0.3 is 11.9 Å². The van der Waals surface area contributed by atoms with Crippen LogP contribution >= 0.6 is 0 Å². The number of hydrogen-bond donors (Lipinski definition) is 1. The van der Waals surface area contributed by atoms with Crippen LogP contribution in [0.15, 0.2) is 29.1 Å². The molecule has 2 aliphatic heterocycles. The van der Waals surface area contributed by atoms with Gasteiger partial charge in [0.15, 0.2) is 5.82 Å². The molecule has 1 aromatic carbocycles. The van der Waals surface area contributed by atoms with Gasteiger partial charge in [-0.2, -0.15) is 18.2 Å². The highest BCUT2D eigenvalue weighted by Gasteiger charge is 2.51. The summed E-state index contributed by atoms with van der Waals surface area (Å²) in [6.07, 6.45) is -3.09. The van der Waals surface area contributed by atoms with Crippen LogP contribution in [0.25, 0.3) is 11.2 Å². The average molecular weight is 581 g/mol. The van der Waals surface area contributed by atoms with Crippen molar-refractivity contribution < 1.29 is 26.7 Å². The van der Waals surface area contributed by atoms with Crippen LogP contribution in [-0.2, 0) is 17.5 Å². The van der Waals surface area contributed by atoms with Gasteiger partial charge in [0.05, 0.1) is 18.2 Å². The molecule has 3 unspecified atom stereocenters. The minimum Gasteiger partial charge on any atom is -0.376 e. The molecule has 6 rings (SSSR count). The van der Waals surface area contributed by atoms with Crippen molar-refractivity contribution in [2.45, 2.75) is 76.4 Å². The van der Waals surface area contributed by atoms with E-state index in [1.165, 1.54) is 12.1 Å². The van der Waals surface area contributed by atoms with Crippen molar-refractivity contribution in [2.75, 3.05) is 31.1 Å². The van der Waals surface area contributed by atoms with E-state index < -0.39 is 29.4 Å². The number of piperazine rings is 1. The minimum atomic E-state index is -4.47. The quantitative estimate of drug-likeness (QED) is 0.417. The molecule has 222 valence electrons. The summed E-state index contributed by atoms with van der Waals surface area (Å²) >= 11 is 0. The van der Waals surface area contributed by atoms with Gasteiger partial charge in [0.25, 0.3) is 0 Å². The molecule has 2 aromatic heterocycles. The largest absolute Gasteiger partial charge is 0.416 e. The van der Waals surface area contributed by atoms with Crippen LogP contribution in [0.3, 0.4) is 0 Å². The molecule has 3 aromatic rings. The van der Waals surface area contributed by atoms with Gasteiger partial charge in [-0.1, -0.05) is 12.1 Å². The molecule has 3 aliphatic rings. The average Bonchev–Trinajstić information content (AvgIpc) is 3.51. The zero-order chi connectivity index (χ0) is 29.1. The number of rotatable bonds is 6. The number of aryl methyl sites for hydroxylation is 1. The zero-order valence-electron chi connectivity index (χ0n) is 22.9. The highest BCUT2D eigenvalue weighted by Crippen LogP contribution is 2.51. The summed E-state index contributed by atoms with van der Waals surface area (Å²) < 4.78 is 75.1. The number of aromatic nitrogens is 4. The van der Waals surface area contributed by atoms with Crippen LogP contribution < -0.4 is 10.6 Å². The Bertz CT molecular complexity index is 1460. The molecule has 1 saturated carbocycles. The molecule has 0 radical (unpaired) electrons. The minimum absolute atomic E-state index is 0.0506. The summed E-state index contributed by atoms with van der Waals surface area (Å²) in [6.45, 7) is 6.50. The third-order valence-corrected chi connectivity index (χ3v) is 8.69. The van der Waals surface area contributed by atoms with Crippen molar-refractivity contribution in [3.63, 3.8) is 0 Å². The molecule has 8 nitrogen and oxygen atoms in total. The summed E-state index contributed by atoms with van der Waals surface area (Å²) in [5.74, 6) is -1.93. The zero-order valence-corrected chi connectivity index (χ0v) is 22.9. The van der Waals surface area contributed by atoms with E-state index in [1.807, 2.05) is 23.3 Å². The van der Waals surface area contributed by atoms with E-state index in [2.05, 4.69) is 14.9 Å². The second-order valence-electron chi connectivity index (χ2n) is 11.6. The molecule has 2 saturated heterocycles. The fourth-order valence-corrected chi connectivity index (χ4v) is 6.68. The summed E-state index contributed by atoms with van der Waals surface area (Å²) in [5.41, 5.74) is 0.505. The molecule has 0 spiro atoms. The van der Waals surface area contributed by atoms with E-state index in [0.717, 1.165) is 30.8 Å². The number of benzene rings is 1. The summed E-state index contributed by atoms with van der Waals surface area (Å²) in [5, 5.41) is 0. The maximum absolute atomic E-state index is 13.9. The molecule has 1 aliphatic carbocycles. The third kappa shape index (κ3) is 5.45. The SMILES string of the molecule is Cc1nc2c(N3CCN(C(c4ccc(C(F)(F)F)cc4)C4CC(F)(F)C4)CC3C)nc(=O)[nH]c2n1CC1CCCO1. The Labute approximate surface area is 233 Å². The lowest BCUT2D eigenvalue weighted by Crippen LogP contribution is -2.56. The predicted molar refractivity (Wildman–Crippen MR) is 142 cm³/mol. The Kier molecular flexibility index (Phi) is 7.08. The van der Waals surface area contributed by atoms with Crippen molar-refractivity contribution >= 4 is 17.0 Å². The highest BCUT2D eigenvalue weighted by molar-refractivity contribution is 5.84. The normalized spacial score (nSPS) is 24.6. The molecule has 0 amide bonds. The molecule has 1 N–H and O–H groups in total. The molecular formula is C28H33F5N6O2. The highest BCUT2D eigenvalue weighted by atomic mass is 19.4. The number of alkyl halides is 5. The molecule has 13 heteroatoms. The summed E-state index contributed by atoms with van der Waals surface area (Å²) in [4.78, 5) is 28.6. The van der Waals surface area contributed by atoms with E-state index in [4.69, 9.17) is 9.72 Å². The smallest absolute Gasteiger partial charge is 0.376 e. The fourth-order valence-electron chi connectivity index (χ4n) is 6.68. The van der Waals surface area contributed by atoms with Crippen molar-refractivity contribution in [3.8, 4) is 0 Å². The standard InChI is InChI=1S/C28H33F5N6O2/c1-16-14-37(23(19-12-27(29,30)13-19)18-5-7-20(8-6-18)28(31,32)33)9-10-38(16)24-22-25(36-26(40)35-24)39(17(2)34-22)15-21-4-3-11-41-21/h5-8,16,19,21,23H,3-4,9-15H2,1-2H3,(H,35,36,40). The first-order valence-corrected chi connectivity index (χ1v) is 14.0.